The SMILES string of the molecule is Cl.Cl.N=C(N)c1ccc(-c2cc3ccc(N=C(N)N)cc3[nH]2)cc1. The highest BCUT2D eigenvalue weighted by molar-refractivity contribution is 5.95. The molecule has 0 amide bonds. The Labute approximate surface area is 151 Å². The number of nitrogens with one attached hydrogen (secondary N) is 2. The summed E-state index contributed by atoms with van der Waals surface area (Å²) in [6, 6.07) is 15.3. The summed E-state index contributed by atoms with van der Waals surface area (Å²) in [5, 5.41) is 8.48. The maximum atomic E-state index is 7.41. The zero-order valence-corrected chi connectivity index (χ0v) is 14.2. The van der Waals surface area contributed by atoms with Crippen LogP contribution in [0, 0.1) is 5.41 Å². The van der Waals surface area contributed by atoms with Crippen molar-refractivity contribution in [3.8, 4) is 11.3 Å². The van der Waals surface area contributed by atoms with E-state index in [1.807, 2.05) is 42.5 Å². The number of halogens is 2. The van der Waals surface area contributed by atoms with Crippen molar-refractivity contribution in [2.75, 3.05) is 0 Å². The second-order valence-electron chi connectivity index (χ2n) is 4.98. The van der Waals surface area contributed by atoms with Gasteiger partial charge in [0.25, 0.3) is 0 Å². The molecule has 0 bridgehead atoms. The average molecular weight is 365 g/mol. The molecular weight excluding hydrogens is 347 g/mol. The Bertz CT molecular complexity index is 879. The van der Waals surface area contributed by atoms with Gasteiger partial charge in [-0.3, -0.25) is 5.41 Å². The number of fused-ring (bicyclic) bond motifs is 1. The third kappa shape index (κ3) is 3.98. The first-order valence-electron chi connectivity index (χ1n) is 6.70. The van der Waals surface area contributed by atoms with Crippen LogP contribution in [0.2, 0.25) is 0 Å². The minimum Gasteiger partial charge on any atom is -0.384 e. The highest BCUT2D eigenvalue weighted by atomic mass is 35.5. The van der Waals surface area contributed by atoms with E-state index in [4.69, 9.17) is 22.6 Å². The van der Waals surface area contributed by atoms with E-state index in [0.717, 1.165) is 22.2 Å². The molecule has 1 heterocycles. The molecule has 0 saturated carbocycles. The molecule has 1 aromatic heterocycles. The lowest BCUT2D eigenvalue weighted by atomic mass is 10.1. The van der Waals surface area contributed by atoms with Gasteiger partial charge < -0.3 is 22.2 Å². The van der Waals surface area contributed by atoms with E-state index in [2.05, 4.69) is 16.0 Å². The van der Waals surface area contributed by atoms with Crippen molar-refractivity contribution >= 4 is 53.2 Å². The number of benzene rings is 2. The summed E-state index contributed by atoms with van der Waals surface area (Å²) in [6.07, 6.45) is 0. The van der Waals surface area contributed by atoms with Crippen molar-refractivity contribution in [1.29, 1.82) is 5.41 Å². The molecule has 24 heavy (non-hydrogen) atoms. The van der Waals surface area contributed by atoms with Crippen molar-refractivity contribution in [1.82, 2.24) is 4.98 Å². The van der Waals surface area contributed by atoms with Crippen LogP contribution >= 0.6 is 24.8 Å². The Kier molecular flexibility index (Phi) is 6.22. The van der Waals surface area contributed by atoms with Gasteiger partial charge >= 0.3 is 0 Å². The molecule has 3 rings (SSSR count). The summed E-state index contributed by atoms with van der Waals surface area (Å²) < 4.78 is 0. The summed E-state index contributed by atoms with van der Waals surface area (Å²) in [5.74, 6) is 0.0935. The van der Waals surface area contributed by atoms with Crippen LogP contribution in [-0.2, 0) is 0 Å². The quantitative estimate of drug-likeness (QED) is 0.361. The number of hydrogen-bond acceptors (Lipinski definition) is 2. The molecule has 0 saturated heterocycles. The summed E-state index contributed by atoms with van der Waals surface area (Å²) >= 11 is 0. The highest BCUT2D eigenvalue weighted by Gasteiger charge is 2.05. The van der Waals surface area contributed by atoms with Gasteiger partial charge in [-0.1, -0.05) is 30.3 Å². The van der Waals surface area contributed by atoms with E-state index in [-0.39, 0.29) is 36.6 Å². The first-order chi connectivity index (χ1) is 10.5. The molecule has 6 nitrogen and oxygen atoms in total. The van der Waals surface area contributed by atoms with Gasteiger partial charge in [-0.25, -0.2) is 4.99 Å². The maximum absolute atomic E-state index is 7.41. The molecule has 0 spiro atoms. The monoisotopic (exact) mass is 364 g/mol. The smallest absolute Gasteiger partial charge is 0.191 e. The van der Waals surface area contributed by atoms with E-state index in [1.54, 1.807) is 0 Å². The standard InChI is InChI=1S/C16H16N6.2ClH/c17-15(18)10-3-1-9(2-4-10)13-7-11-5-6-12(21-16(19)20)8-14(11)22-13;;/h1-8,22H,(H3,17,18)(H4,19,20,21);2*1H. The molecule has 0 fully saturated rings. The molecular formula is C16H18Cl2N6. The first kappa shape index (κ1) is 19.3. The summed E-state index contributed by atoms with van der Waals surface area (Å²) in [5.41, 5.74) is 20.6. The van der Waals surface area contributed by atoms with E-state index in [9.17, 15) is 0 Å². The average Bonchev–Trinajstić information content (AvgIpc) is 2.90. The van der Waals surface area contributed by atoms with Gasteiger partial charge in [-0.2, -0.15) is 0 Å². The minimum atomic E-state index is 0. The number of aliphatic imine (C=N–C) groups is 1. The molecule has 8 N–H and O–H groups in total. The Morgan fingerprint density at radius 3 is 2.17 bits per heavy atom. The fourth-order valence-corrected chi connectivity index (χ4v) is 2.32. The number of nitrogen functional groups attached to an aromatic ring is 1. The molecule has 126 valence electrons. The van der Waals surface area contributed by atoms with Crippen LogP contribution in [0.25, 0.3) is 22.2 Å². The van der Waals surface area contributed by atoms with Gasteiger partial charge in [0.05, 0.1) is 5.69 Å². The molecule has 0 aliphatic heterocycles. The van der Waals surface area contributed by atoms with E-state index >= 15 is 0 Å². The zero-order chi connectivity index (χ0) is 15.7. The number of hydrogen-bond donors (Lipinski definition) is 5. The topological polar surface area (TPSA) is 130 Å². The van der Waals surface area contributed by atoms with Crippen molar-refractivity contribution in [2.45, 2.75) is 0 Å². The number of rotatable bonds is 3. The third-order valence-electron chi connectivity index (χ3n) is 3.37. The summed E-state index contributed by atoms with van der Waals surface area (Å²) in [7, 11) is 0. The summed E-state index contributed by atoms with van der Waals surface area (Å²) in [6.45, 7) is 0. The van der Waals surface area contributed by atoms with Crippen molar-refractivity contribution in [2.24, 2.45) is 22.2 Å². The van der Waals surface area contributed by atoms with Gasteiger partial charge in [0.15, 0.2) is 5.96 Å². The number of aromatic nitrogens is 1. The second-order valence-corrected chi connectivity index (χ2v) is 4.98. The summed E-state index contributed by atoms with van der Waals surface area (Å²) in [4.78, 5) is 7.38. The fourth-order valence-electron chi connectivity index (χ4n) is 2.32. The predicted molar refractivity (Wildman–Crippen MR) is 105 cm³/mol. The van der Waals surface area contributed by atoms with E-state index in [0.29, 0.717) is 11.3 Å². The van der Waals surface area contributed by atoms with Crippen LogP contribution in [-0.4, -0.2) is 16.8 Å². The number of nitrogens with zero attached hydrogens (tertiary/aromatic N) is 1. The first-order valence-corrected chi connectivity index (χ1v) is 6.70. The largest absolute Gasteiger partial charge is 0.384 e. The van der Waals surface area contributed by atoms with Crippen LogP contribution < -0.4 is 17.2 Å². The molecule has 2 aromatic carbocycles. The number of H-pyrrole nitrogens is 1. The Hall–Kier alpha value is -2.70. The lowest BCUT2D eigenvalue weighted by Crippen LogP contribution is -2.21. The Morgan fingerprint density at radius 1 is 0.917 bits per heavy atom. The van der Waals surface area contributed by atoms with Crippen LogP contribution in [0.4, 0.5) is 5.69 Å². The molecule has 3 aromatic rings. The Morgan fingerprint density at radius 2 is 1.58 bits per heavy atom. The van der Waals surface area contributed by atoms with Crippen LogP contribution in [0.15, 0.2) is 53.5 Å². The van der Waals surface area contributed by atoms with Gasteiger partial charge in [-0.05, 0) is 23.8 Å². The van der Waals surface area contributed by atoms with Gasteiger partial charge in [0, 0.05) is 22.2 Å². The number of aromatic amines is 1. The molecule has 8 heteroatoms. The fraction of sp³-hybridized carbons (Fsp3) is 0. The number of nitrogens with two attached hydrogens (primary N) is 3. The van der Waals surface area contributed by atoms with Crippen LogP contribution in [0.3, 0.4) is 0 Å². The normalized spacial score (nSPS) is 9.67. The zero-order valence-electron chi connectivity index (χ0n) is 12.6. The van der Waals surface area contributed by atoms with E-state index in [1.165, 1.54) is 0 Å². The highest BCUT2D eigenvalue weighted by Crippen LogP contribution is 2.27. The van der Waals surface area contributed by atoms with E-state index < -0.39 is 0 Å². The Balaban J connectivity index is 0.00000144. The predicted octanol–water partition coefficient (Wildman–Crippen LogP) is 2.87. The lowest BCUT2D eigenvalue weighted by Gasteiger charge is -2.00. The van der Waals surface area contributed by atoms with Gasteiger partial charge in [0.1, 0.15) is 5.84 Å². The second kappa shape index (κ2) is 7.72. The molecule has 0 aliphatic rings. The van der Waals surface area contributed by atoms with Crippen LogP contribution in [0.5, 0.6) is 0 Å². The van der Waals surface area contributed by atoms with Crippen molar-refractivity contribution < 1.29 is 0 Å². The molecule has 0 aliphatic carbocycles. The molecule has 0 radical (unpaired) electrons. The number of guanidine groups is 1. The number of amidine groups is 1. The molecule has 0 atom stereocenters. The maximum Gasteiger partial charge on any atom is 0.191 e. The third-order valence-corrected chi connectivity index (χ3v) is 3.37. The van der Waals surface area contributed by atoms with Crippen molar-refractivity contribution in [3.63, 3.8) is 0 Å². The molecule has 0 unspecified atom stereocenters. The lowest BCUT2D eigenvalue weighted by molar-refractivity contribution is 1.40. The minimum absolute atomic E-state index is 0. The van der Waals surface area contributed by atoms with Gasteiger partial charge in [-0.15, -0.1) is 24.8 Å². The van der Waals surface area contributed by atoms with Crippen molar-refractivity contribution in [3.05, 3.63) is 54.1 Å². The van der Waals surface area contributed by atoms with Crippen LogP contribution in [0.1, 0.15) is 5.56 Å². The van der Waals surface area contributed by atoms with Gasteiger partial charge in [0.2, 0.25) is 0 Å².